The summed E-state index contributed by atoms with van der Waals surface area (Å²) in [5.74, 6) is 0.296. The molecule has 3 amide bonds. The summed E-state index contributed by atoms with van der Waals surface area (Å²) in [7, 11) is 0. The van der Waals surface area contributed by atoms with E-state index in [1.54, 1.807) is 26.1 Å². The van der Waals surface area contributed by atoms with E-state index in [1.807, 2.05) is 6.07 Å². The first-order chi connectivity index (χ1) is 14.5. The zero-order chi connectivity index (χ0) is 22.4. The molecule has 1 aromatic carbocycles. The second-order valence-corrected chi connectivity index (χ2v) is 9.22. The Labute approximate surface area is 181 Å². The maximum absolute atomic E-state index is 13.1. The number of thioether (sulfide) groups is 1. The lowest BCUT2D eigenvalue weighted by molar-refractivity contribution is -0.123. The van der Waals surface area contributed by atoms with Crippen LogP contribution in [0.1, 0.15) is 32.3 Å². The molecule has 1 saturated carbocycles. The van der Waals surface area contributed by atoms with Crippen LogP contribution >= 0.6 is 11.8 Å². The van der Waals surface area contributed by atoms with Crippen LogP contribution in [0.5, 0.6) is 0 Å². The molecule has 1 N–H and O–H groups in total. The number of halogens is 3. The number of hydrogen-bond donors (Lipinski definition) is 1. The summed E-state index contributed by atoms with van der Waals surface area (Å²) in [6.07, 6.45) is 3.87. The average Bonchev–Trinajstić information content (AvgIpc) is 3.47. The van der Waals surface area contributed by atoms with Gasteiger partial charge >= 0.3 is 11.5 Å². The van der Waals surface area contributed by atoms with Crippen molar-refractivity contribution in [2.45, 2.75) is 55.2 Å². The molecule has 2 fully saturated rings. The topological polar surface area (TPSA) is 65.5 Å². The fourth-order valence-electron chi connectivity index (χ4n) is 3.40. The van der Waals surface area contributed by atoms with Crippen LogP contribution < -0.4 is 10.2 Å². The van der Waals surface area contributed by atoms with Crippen molar-refractivity contribution in [1.82, 2.24) is 9.88 Å². The van der Waals surface area contributed by atoms with Crippen molar-refractivity contribution < 1.29 is 22.8 Å². The Hall–Kier alpha value is -2.75. The third kappa shape index (κ3) is 4.63. The van der Waals surface area contributed by atoms with E-state index in [1.165, 1.54) is 29.2 Å². The molecule has 0 spiro atoms. The quantitative estimate of drug-likeness (QED) is 0.495. The summed E-state index contributed by atoms with van der Waals surface area (Å²) in [5.41, 5.74) is -4.45. The molecule has 164 valence electrons. The lowest BCUT2D eigenvalue weighted by Gasteiger charge is -2.27. The van der Waals surface area contributed by atoms with Crippen molar-refractivity contribution in [2.75, 3.05) is 10.2 Å². The maximum atomic E-state index is 13.1. The van der Waals surface area contributed by atoms with Gasteiger partial charge in [0.25, 0.3) is 5.91 Å². The summed E-state index contributed by atoms with van der Waals surface area (Å²) in [6.45, 7) is 3.52. The molecule has 1 saturated heterocycles. The van der Waals surface area contributed by atoms with Crippen molar-refractivity contribution >= 4 is 35.2 Å². The summed E-state index contributed by atoms with van der Waals surface area (Å²) in [6, 6.07) is 8.78. The van der Waals surface area contributed by atoms with Crippen molar-refractivity contribution in [2.24, 2.45) is 0 Å². The van der Waals surface area contributed by atoms with Gasteiger partial charge in [-0.1, -0.05) is 0 Å². The number of imide groups is 1. The standard InChI is InChI=1S/C21H21F3N4O2S/c1-20(2)18(29)28(15-5-7-16(8-6-15)31-21(22,23)24)19(30)27(20)12-13-9-10-25-17(11-13)26-14-3-4-14/h5-11,14H,3-4,12H2,1-2H3,(H,25,26). The summed E-state index contributed by atoms with van der Waals surface area (Å²) in [5, 5.41) is 3.30. The highest BCUT2D eigenvalue weighted by Crippen LogP contribution is 2.39. The molecule has 0 bridgehead atoms. The molecule has 10 heteroatoms. The van der Waals surface area contributed by atoms with Crippen molar-refractivity contribution in [3.8, 4) is 0 Å². The summed E-state index contributed by atoms with van der Waals surface area (Å²) in [4.78, 5) is 32.9. The number of carbonyl (C=O) groups is 2. The van der Waals surface area contributed by atoms with Gasteiger partial charge in [0.1, 0.15) is 11.4 Å². The van der Waals surface area contributed by atoms with E-state index in [0.717, 1.165) is 29.1 Å². The molecule has 1 aromatic heterocycles. The summed E-state index contributed by atoms with van der Waals surface area (Å²) >= 11 is -0.245. The Morgan fingerprint density at radius 2 is 1.84 bits per heavy atom. The number of aromatic nitrogens is 1. The lowest BCUT2D eigenvalue weighted by Crippen LogP contribution is -2.43. The van der Waals surface area contributed by atoms with Crippen LogP contribution in [0, 0.1) is 0 Å². The van der Waals surface area contributed by atoms with Gasteiger partial charge in [-0.2, -0.15) is 13.2 Å². The maximum Gasteiger partial charge on any atom is 0.446 e. The second kappa shape index (κ2) is 7.74. The third-order valence-electron chi connectivity index (χ3n) is 5.25. The van der Waals surface area contributed by atoms with Crippen LogP contribution in [0.3, 0.4) is 0 Å². The third-order valence-corrected chi connectivity index (χ3v) is 5.99. The molecule has 2 aromatic rings. The van der Waals surface area contributed by atoms with Crippen molar-refractivity contribution in [3.05, 3.63) is 48.2 Å². The Bertz CT molecular complexity index is 1010. The smallest absolute Gasteiger partial charge is 0.367 e. The first kappa shape index (κ1) is 21.5. The van der Waals surface area contributed by atoms with Crippen molar-refractivity contribution in [3.63, 3.8) is 0 Å². The van der Waals surface area contributed by atoms with Gasteiger partial charge in [0.15, 0.2) is 0 Å². The molecule has 1 aliphatic heterocycles. The molecule has 0 atom stereocenters. The molecular formula is C21H21F3N4O2S. The highest BCUT2D eigenvalue weighted by atomic mass is 32.2. The molecule has 4 rings (SSSR count). The number of amides is 3. The highest BCUT2D eigenvalue weighted by Gasteiger charge is 2.51. The van der Waals surface area contributed by atoms with E-state index >= 15 is 0 Å². The summed E-state index contributed by atoms with van der Waals surface area (Å²) < 4.78 is 37.7. The van der Waals surface area contributed by atoms with E-state index in [9.17, 15) is 22.8 Å². The number of urea groups is 1. The molecule has 0 radical (unpaired) electrons. The van der Waals surface area contributed by atoms with Gasteiger partial charge in [-0.3, -0.25) is 4.79 Å². The monoisotopic (exact) mass is 450 g/mol. The molecule has 2 aliphatic rings. The minimum atomic E-state index is -4.41. The molecular weight excluding hydrogens is 429 g/mol. The predicted octanol–water partition coefficient (Wildman–Crippen LogP) is 5.02. The number of benzene rings is 1. The van der Waals surface area contributed by atoms with Crippen LogP contribution in [-0.2, 0) is 11.3 Å². The predicted molar refractivity (Wildman–Crippen MR) is 112 cm³/mol. The SMILES string of the molecule is CC1(C)C(=O)N(c2ccc(SC(F)(F)F)cc2)C(=O)N1Cc1ccnc(NC2CC2)c1. The van der Waals surface area contributed by atoms with Crippen molar-refractivity contribution in [1.29, 1.82) is 0 Å². The second-order valence-electron chi connectivity index (χ2n) is 8.08. The normalized spacial score (nSPS) is 18.6. The number of alkyl halides is 3. The number of hydrogen-bond acceptors (Lipinski definition) is 5. The number of rotatable bonds is 6. The van der Waals surface area contributed by atoms with Crippen LogP contribution in [-0.4, -0.2) is 38.9 Å². The van der Waals surface area contributed by atoms with E-state index in [4.69, 9.17) is 0 Å². The van der Waals surface area contributed by atoms with E-state index in [-0.39, 0.29) is 28.9 Å². The Morgan fingerprint density at radius 1 is 1.16 bits per heavy atom. The number of nitrogens with one attached hydrogen (secondary N) is 1. The highest BCUT2D eigenvalue weighted by molar-refractivity contribution is 8.00. The van der Waals surface area contributed by atoms with Gasteiger partial charge in [-0.15, -0.1) is 0 Å². The number of anilines is 2. The minimum absolute atomic E-state index is 0.0149. The fraction of sp³-hybridized carbons (Fsp3) is 0.381. The number of carbonyl (C=O) groups excluding carboxylic acids is 2. The molecule has 6 nitrogen and oxygen atoms in total. The van der Waals surface area contributed by atoms with Crippen LogP contribution in [0.25, 0.3) is 0 Å². The van der Waals surface area contributed by atoms with Gasteiger partial charge in [0.05, 0.1) is 5.69 Å². The average molecular weight is 450 g/mol. The minimum Gasteiger partial charge on any atom is -0.367 e. The molecule has 0 unspecified atom stereocenters. The lowest BCUT2D eigenvalue weighted by atomic mass is 10.0. The Morgan fingerprint density at radius 3 is 2.45 bits per heavy atom. The largest absolute Gasteiger partial charge is 0.446 e. The Kier molecular flexibility index (Phi) is 5.36. The number of nitrogens with zero attached hydrogens (tertiary/aromatic N) is 3. The zero-order valence-corrected chi connectivity index (χ0v) is 17.8. The molecule has 1 aliphatic carbocycles. The van der Waals surface area contributed by atoms with E-state index in [0.29, 0.717) is 6.04 Å². The molecule has 2 heterocycles. The fourth-order valence-corrected chi connectivity index (χ4v) is 3.94. The van der Waals surface area contributed by atoms with Gasteiger partial charge in [0, 0.05) is 23.7 Å². The Balaban J connectivity index is 1.54. The zero-order valence-electron chi connectivity index (χ0n) is 16.9. The first-order valence-corrected chi connectivity index (χ1v) is 10.6. The van der Waals surface area contributed by atoms with Gasteiger partial charge < -0.3 is 10.2 Å². The van der Waals surface area contributed by atoms with Crippen LogP contribution in [0.15, 0.2) is 47.5 Å². The van der Waals surface area contributed by atoms with E-state index < -0.39 is 23.0 Å². The van der Waals surface area contributed by atoms with Crippen LogP contribution in [0.2, 0.25) is 0 Å². The van der Waals surface area contributed by atoms with Gasteiger partial charge in [-0.05, 0) is 80.4 Å². The van der Waals surface area contributed by atoms with Crippen LogP contribution in [0.4, 0.5) is 29.5 Å². The van der Waals surface area contributed by atoms with Gasteiger partial charge in [0.2, 0.25) is 0 Å². The van der Waals surface area contributed by atoms with Gasteiger partial charge in [-0.25, -0.2) is 14.7 Å². The molecule has 31 heavy (non-hydrogen) atoms. The number of pyridine rings is 1. The van der Waals surface area contributed by atoms with E-state index in [2.05, 4.69) is 10.3 Å². The first-order valence-electron chi connectivity index (χ1n) is 9.78.